The number of halogens is 1. The summed E-state index contributed by atoms with van der Waals surface area (Å²) in [6, 6.07) is 18.5. The Hall–Kier alpha value is -3.18. The van der Waals surface area contributed by atoms with Gasteiger partial charge in [0, 0.05) is 30.3 Å². The molecule has 2 heterocycles. The number of nitrogens with zero attached hydrogens (tertiary/aromatic N) is 2. The van der Waals surface area contributed by atoms with Gasteiger partial charge in [-0.15, -0.1) is 0 Å². The van der Waals surface area contributed by atoms with E-state index in [2.05, 4.69) is 15.3 Å². The monoisotopic (exact) mass is 391 g/mol. The zero-order valence-corrected chi connectivity index (χ0v) is 16.0. The van der Waals surface area contributed by atoms with E-state index in [4.69, 9.17) is 16.0 Å². The maximum atomic E-state index is 13.2. The molecule has 4 rings (SSSR count). The zero-order valence-electron chi connectivity index (χ0n) is 15.2. The van der Waals surface area contributed by atoms with Crippen molar-refractivity contribution in [3.05, 3.63) is 89.0 Å². The molecule has 4 aromatic rings. The first-order valence-corrected chi connectivity index (χ1v) is 9.30. The number of aromatic nitrogens is 2. The van der Waals surface area contributed by atoms with Crippen molar-refractivity contribution in [1.29, 1.82) is 0 Å². The molecule has 0 spiro atoms. The van der Waals surface area contributed by atoms with E-state index in [1.165, 1.54) is 0 Å². The van der Waals surface area contributed by atoms with Gasteiger partial charge in [0.2, 0.25) is 5.91 Å². The molecular formula is C22H18ClN3O2. The Kier molecular flexibility index (Phi) is 5.08. The van der Waals surface area contributed by atoms with Crippen molar-refractivity contribution in [1.82, 2.24) is 9.97 Å². The van der Waals surface area contributed by atoms with E-state index >= 15 is 0 Å². The van der Waals surface area contributed by atoms with Crippen LogP contribution < -0.4 is 5.32 Å². The lowest BCUT2D eigenvalue weighted by Crippen LogP contribution is -2.23. The number of oxazole rings is 1. The lowest BCUT2D eigenvalue weighted by atomic mass is 9.93. The van der Waals surface area contributed by atoms with Crippen molar-refractivity contribution < 1.29 is 9.21 Å². The quantitative estimate of drug-likeness (QED) is 0.510. The van der Waals surface area contributed by atoms with Crippen molar-refractivity contribution >= 4 is 34.3 Å². The summed E-state index contributed by atoms with van der Waals surface area (Å²) < 4.78 is 5.66. The summed E-state index contributed by atoms with van der Waals surface area (Å²) >= 11 is 6.02. The molecule has 140 valence electrons. The standard InChI is InChI=1S/C22H18ClN3O2/c1-14-25-19-6-4-7-20(21(19)28-14)26-22(27)18(13-17-5-2-3-12-24-17)15-8-10-16(23)11-9-15/h2-12,18H,13H2,1H3,(H,26,27). The molecule has 0 fully saturated rings. The summed E-state index contributed by atoms with van der Waals surface area (Å²) in [5.74, 6) is -0.0135. The van der Waals surface area contributed by atoms with Gasteiger partial charge in [-0.05, 0) is 42.0 Å². The molecule has 0 aliphatic rings. The highest BCUT2D eigenvalue weighted by Crippen LogP contribution is 2.28. The highest BCUT2D eigenvalue weighted by atomic mass is 35.5. The molecule has 0 aliphatic carbocycles. The minimum atomic E-state index is -0.425. The van der Waals surface area contributed by atoms with Gasteiger partial charge < -0.3 is 9.73 Å². The molecular weight excluding hydrogens is 374 g/mol. The Bertz CT molecular complexity index is 1110. The van der Waals surface area contributed by atoms with Gasteiger partial charge in [0.05, 0.1) is 11.6 Å². The number of hydrogen-bond acceptors (Lipinski definition) is 4. The molecule has 6 heteroatoms. The zero-order chi connectivity index (χ0) is 19.5. The normalized spacial score (nSPS) is 12.1. The van der Waals surface area contributed by atoms with Crippen LogP contribution in [0.2, 0.25) is 5.02 Å². The molecule has 0 bridgehead atoms. The summed E-state index contributed by atoms with van der Waals surface area (Å²) in [5, 5.41) is 3.63. The average molecular weight is 392 g/mol. The first-order valence-electron chi connectivity index (χ1n) is 8.92. The van der Waals surface area contributed by atoms with Crippen LogP contribution in [0.3, 0.4) is 0 Å². The van der Waals surface area contributed by atoms with Gasteiger partial charge in [0.1, 0.15) is 5.52 Å². The highest BCUT2D eigenvalue weighted by Gasteiger charge is 2.23. The molecule has 28 heavy (non-hydrogen) atoms. The van der Waals surface area contributed by atoms with E-state index in [1.54, 1.807) is 25.3 Å². The Balaban J connectivity index is 1.66. The van der Waals surface area contributed by atoms with E-state index in [9.17, 15) is 4.79 Å². The topological polar surface area (TPSA) is 68.0 Å². The Morgan fingerprint density at radius 1 is 1.11 bits per heavy atom. The number of carbonyl (C=O) groups is 1. The fourth-order valence-electron chi connectivity index (χ4n) is 3.16. The van der Waals surface area contributed by atoms with Crippen molar-refractivity contribution in [3.8, 4) is 0 Å². The third-order valence-corrected chi connectivity index (χ3v) is 4.76. The Morgan fingerprint density at radius 2 is 1.93 bits per heavy atom. The third kappa shape index (κ3) is 3.89. The lowest BCUT2D eigenvalue weighted by molar-refractivity contribution is -0.117. The van der Waals surface area contributed by atoms with Crippen LogP contribution in [0.5, 0.6) is 0 Å². The molecule has 0 aliphatic heterocycles. The molecule has 1 amide bonds. The van der Waals surface area contributed by atoms with E-state index < -0.39 is 5.92 Å². The number of benzene rings is 2. The largest absolute Gasteiger partial charge is 0.439 e. The molecule has 0 radical (unpaired) electrons. The lowest BCUT2D eigenvalue weighted by Gasteiger charge is -2.17. The number of pyridine rings is 1. The Labute approximate surface area is 167 Å². The molecule has 2 aromatic carbocycles. The van der Waals surface area contributed by atoms with Crippen LogP contribution in [0.15, 0.2) is 71.3 Å². The molecule has 1 N–H and O–H groups in total. The third-order valence-electron chi connectivity index (χ3n) is 4.51. The van der Waals surface area contributed by atoms with Gasteiger partial charge in [-0.25, -0.2) is 4.98 Å². The maximum Gasteiger partial charge on any atom is 0.232 e. The van der Waals surface area contributed by atoms with Crippen molar-refractivity contribution in [2.45, 2.75) is 19.3 Å². The number of para-hydroxylation sites is 1. The summed E-state index contributed by atoms with van der Waals surface area (Å²) in [5.41, 5.74) is 3.59. The Morgan fingerprint density at radius 3 is 2.68 bits per heavy atom. The molecule has 0 saturated heterocycles. The van der Waals surface area contributed by atoms with E-state index in [-0.39, 0.29) is 5.91 Å². The number of rotatable bonds is 5. The molecule has 2 aromatic heterocycles. The van der Waals surface area contributed by atoms with Crippen LogP contribution in [0.4, 0.5) is 5.69 Å². The number of fused-ring (bicyclic) bond motifs is 1. The second kappa shape index (κ2) is 7.82. The first kappa shape index (κ1) is 18.2. The van der Waals surface area contributed by atoms with Crippen molar-refractivity contribution in [3.63, 3.8) is 0 Å². The van der Waals surface area contributed by atoms with Gasteiger partial charge in [-0.1, -0.05) is 35.9 Å². The van der Waals surface area contributed by atoms with Gasteiger partial charge >= 0.3 is 0 Å². The van der Waals surface area contributed by atoms with E-state index in [0.29, 0.717) is 34.1 Å². The molecule has 1 atom stereocenters. The number of nitrogens with one attached hydrogen (secondary N) is 1. The van der Waals surface area contributed by atoms with Crippen LogP contribution >= 0.6 is 11.6 Å². The summed E-state index contributed by atoms with van der Waals surface area (Å²) in [7, 11) is 0. The van der Waals surface area contributed by atoms with Crippen LogP contribution in [0.25, 0.3) is 11.1 Å². The number of carbonyl (C=O) groups excluding carboxylic acids is 1. The van der Waals surface area contributed by atoms with Gasteiger partial charge in [0.25, 0.3) is 0 Å². The summed E-state index contributed by atoms with van der Waals surface area (Å²) in [4.78, 5) is 21.9. The second-order valence-corrected chi connectivity index (χ2v) is 6.94. The smallest absolute Gasteiger partial charge is 0.232 e. The number of aryl methyl sites for hydroxylation is 1. The minimum absolute atomic E-state index is 0.144. The molecule has 5 nitrogen and oxygen atoms in total. The highest BCUT2D eigenvalue weighted by molar-refractivity contribution is 6.30. The number of anilines is 1. The van der Waals surface area contributed by atoms with Gasteiger partial charge in [0.15, 0.2) is 11.5 Å². The number of hydrogen-bond donors (Lipinski definition) is 1. The van der Waals surface area contributed by atoms with Crippen LogP contribution in [-0.4, -0.2) is 15.9 Å². The molecule has 1 unspecified atom stereocenters. The van der Waals surface area contributed by atoms with Gasteiger partial charge in [-0.3, -0.25) is 9.78 Å². The maximum absolute atomic E-state index is 13.2. The summed E-state index contributed by atoms with van der Waals surface area (Å²) in [6.07, 6.45) is 2.20. The van der Waals surface area contributed by atoms with E-state index in [1.807, 2.05) is 48.5 Å². The summed E-state index contributed by atoms with van der Waals surface area (Å²) in [6.45, 7) is 1.78. The van der Waals surface area contributed by atoms with Gasteiger partial charge in [-0.2, -0.15) is 0 Å². The fraction of sp³-hybridized carbons (Fsp3) is 0.136. The van der Waals surface area contributed by atoms with Crippen LogP contribution in [-0.2, 0) is 11.2 Å². The average Bonchev–Trinajstić information content (AvgIpc) is 3.09. The molecule has 0 saturated carbocycles. The van der Waals surface area contributed by atoms with Crippen molar-refractivity contribution in [2.24, 2.45) is 0 Å². The fourth-order valence-corrected chi connectivity index (χ4v) is 3.29. The second-order valence-electron chi connectivity index (χ2n) is 6.51. The first-order chi connectivity index (χ1) is 13.6. The van der Waals surface area contributed by atoms with Crippen LogP contribution in [0.1, 0.15) is 23.1 Å². The number of amides is 1. The van der Waals surface area contributed by atoms with Crippen molar-refractivity contribution in [2.75, 3.05) is 5.32 Å². The SMILES string of the molecule is Cc1nc2cccc(NC(=O)C(Cc3ccccn3)c3ccc(Cl)cc3)c2o1. The predicted octanol–water partition coefficient (Wildman–Crippen LogP) is 5.15. The predicted molar refractivity (Wildman–Crippen MR) is 110 cm³/mol. The van der Waals surface area contributed by atoms with E-state index in [0.717, 1.165) is 11.3 Å². The minimum Gasteiger partial charge on any atom is -0.439 e. The van der Waals surface area contributed by atoms with Crippen LogP contribution in [0, 0.1) is 6.92 Å².